The summed E-state index contributed by atoms with van der Waals surface area (Å²) in [5, 5.41) is 12.9. The first-order valence-electron chi connectivity index (χ1n) is 6.41. The van der Waals surface area contributed by atoms with Gasteiger partial charge in [-0.05, 0) is 51.1 Å². The van der Waals surface area contributed by atoms with Crippen LogP contribution in [0.2, 0.25) is 0 Å². The lowest BCUT2D eigenvalue weighted by molar-refractivity contribution is 0.149. The van der Waals surface area contributed by atoms with Gasteiger partial charge >= 0.3 is 0 Å². The van der Waals surface area contributed by atoms with Crippen molar-refractivity contribution in [1.29, 1.82) is 0 Å². The van der Waals surface area contributed by atoms with Crippen LogP contribution in [0.5, 0.6) is 5.75 Å². The summed E-state index contributed by atoms with van der Waals surface area (Å²) in [5.41, 5.74) is 1.20. The van der Waals surface area contributed by atoms with Gasteiger partial charge in [-0.1, -0.05) is 12.1 Å². The largest absolute Gasteiger partial charge is 0.508 e. The summed E-state index contributed by atoms with van der Waals surface area (Å²) in [7, 11) is 2.03. The zero-order chi connectivity index (χ0) is 12.3. The van der Waals surface area contributed by atoms with Gasteiger partial charge < -0.3 is 10.4 Å². The first kappa shape index (κ1) is 12.4. The highest BCUT2D eigenvalue weighted by atomic mass is 16.3. The minimum Gasteiger partial charge on any atom is -0.508 e. The van der Waals surface area contributed by atoms with E-state index in [1.54, 1.807) is 6.07 Å². The number of aromatic hydroxyl groups is 1. The third-order valence-electron chi connectivity index (χ3n) is 3.76. The van der Waals surface area contributed by atoms with Crippen molar-refractivity contribution in [2.24, 2.45) is 0 Å². The number of nitrogens with zero attached hydrogens (tertiary/aromatic N) is 1. The number of phenols is 1. The Morgan fingerprint density at radius 3 is 3.00 bits per heavy atom. The third-order valence-corrected chi connectivity index (χ3v) is 3.76. The molecule has 0 radical (unpaired) electrons. The molecule has 1 heterocycles. The molecule has 1 aromatic rings. The van der Waals surface area contributed by atoms with Crippen LogP contribution in [0.15, 0.2) is 24.3 Å². The van der Waals surface area contributed by atoms with Crippen LogP contribution >= 0.6 is 0 Å². The molecule has 2 atom stereocenters. The zero-order valence-corrected chi connectivity index (χ0v) is 10.7. The van der Waals surface area contributed by atoms with Crippen LogP contribution in [0.1, 0.15) is 31.4 Å². The van der Waals surface area contributed by atoms with Gasteiger partial charge in [0.25, 0.3) is 0 Å². The predicted molar refractivity (Wildman–Crippen MR) is 70.2 cm³/mol. The Kier molecular flexibility index (Phi) is 4.02. The summed E-state index contributed by atoms with van der Waals surface area (Å²) in [6.07, 6.45) is 2.51. The highest BCUT2D eigenvalue weighted by Crippen LogP contribution is 2.26. The molecule has 0 bridgehead atoms. The number of hydrogen-bond donors (Lipinski definition) is 2. The average molecular weight is 234 g/mol. The van der Waals surface area contributed by atoms with Gasteiger partial charge in [-0.15, -0.1) is 0 Å². The molecule has 1 aromatic carbocycles. The molecule has 3 heteroatoms. The second kappa shape index (κ2) is 5.52. The van der Waals surface area contributed by atoms with Gasteiger partial charge in [0.15, 0.2) is 0 Å². The Morgan fingerprint density at radius 2 is 2.29 bits per heavy atom. The highest BCUT2D eigenvalue weighted by Gasteiger charge is 2.23. The Labute approximate surface area is 103 Å². The van der Waals surface area contributed by atoms with E-state index >= 15 is 0 Å². The van der Waals surface area contributed by atoms with Crippen LogP contribution in [0.3, 0.4) is 0 Å². The van der Waals surface area contributed by atoms with E-state index in [9.17, 15) is 5.11 Å². The van der Waals surface area contributed by atoms with E-state index in [0.29, 0.717) is 17.8 Å². The number of phenolic OH excluding ortho intramolecular Hbond substituents is 1. The fourth-order valence-corrected chi connectivity index (χ4v) is 2.59. The number of nitrogens with one attached hydrogen (secondary N) is 1. The van der Waals surface area contributed by atoms with E-state index < -0.39 is 0 Å². The van der Waals surface area contributed by atoms with E-state index in [0.717, 1.165) is 13.1 Å². The van der Waals surface area contributed by atoms with Crippen LogP contribution in [0.4, 0.5) is 0 Å². The lowest BCUT2D eigenvalue weighted by Gasteiger charge is -2.37. The standard InChI is InChI=1S/C14H22N2O/c1-11(12-5-3-7-14(17)9-12)16-8-4-6-13(10-16)15-2/h3,5,7,9,11,13,15,17H,4,6,8,10H2,1-2H3. The maximum Gasteiger partial charge on any atom is 0.115 e. The van der Waals surface area contributed by atoms with Crippen LogP contribution in [0.25, 0.3) is 0 Å². The fraction of sp³-hybridized carbons (Fsp3) is 0.571. The molecule has 0 spiro atoms. The zero-order valence-electron chi connectivity index (χ0n) is 10.7. The fourth-order valence-electron chi connectivity index (χ4n) is 2.59. The van der Waals surface area contributed by atoms with Crippen molar-refractivity contribution < 1.29 is 5.11 Å². The molecule has 0 saturated carbocycles. The molecule has 0 aliphatic carbocycles. The van der Waals surface area contributed by atoms with Gasteiger partial charge in [0.05, 0.1) is 0 Å². The third kappa shape index (κ3) is 2.99. The van der Waals surface area contributed by atoms with Gasteiger partial charge in [0.1, 0.15) is 5.75 Å². The van der Waals surface area contributed by atoms with Crippen molar-refractivity contribution in [1.82, 2.24) is 10.2 Å². The first-order chi connectivity index (χ1) is 8.20. The molecule has 3 nitrogen and oxygen atoms in total. The monoisotopic (exact) mass is 234 g/mol. The van der Waals surface area contributed by atoms with Crippen LogP contribution in [0, 0.1) is 0 Å². The smallest absolute Gasteiger partial charge is 0.115 e. The van der Waals surface area contributed by atoms with Gasteiger partial charge in [-0.3, -0.25) is 4.90 Å². The molecule has 0 amide bonds. The molecular weight excluding hydrogens is 212 g/mol. The lowest BCUT2D eigenvalue weighted by atomic mass is 10.0. The molecule has 1 saturated heterocycles. The molecule has 0 aromatic heterocycles. The van der Waals surface area contributed by atoms with Gasteiger partial charge in [-0.25, -0.2) is 0 Å². The van der Waals surface area contributed by atoms with Gasteiger partial charge in [0, 0.05) is 18.6 Å². The summed E-state index contributed by atoms with van der Waals surface area (Å²) in [6, 6.07) is 8.58. The molecule has 2 rings (SSSR count). The Morgan fingerprint density at radius 1 is 1.47 bits per heavy atom. The van der Waals surface area contributed by atoms with Crippen molar-refractivity contribution in [2.45, 2.75) is 31.8 Å². The molecular formula is C14H22N2O. The second-order valence-corrected chi connectivity index (χ2v) is 4.89. The number of likely N-dealkylation sites (tertiary alicyclic amines) is 1. The van der Waals surface area contributed by atoms with E-state index in [2.05, 4.69) is 23.2 Å². The summed E-state index contributed by atoms with van der Waals surface area (Å²) >= 11 is 0. The van der Waals surface area contributed by atoms with Crippen molar-refractivity contribution in [3.8, 4) is 5.75 Å². The predicted octanol–water partition coefficient (Wildman–Crippen LogP) is 2.14. The maximum absolute atomic E-state index is 9.53. The molecule has 1 fully saturated rings. The quantitative estimate of drug-likeness (QED) is 0.841. The van der Waals surface area contributed by atoms with Crippen molar-refractivity contribution in [2.75, 3.05) is 20.1 Å². The number of rotatable bonds is 3. The van der Waals surface area contributed by atoms with Crippen LogP contribution in [-0.2, 0) is 0 Å². The molecule has 2 unspecified atom stereocenters. The van der Waals surface area contributed by atoms with Gasteiger partial charge in [0.2, 0.25) is 0 Å². The van der Waals surface area contributed by atoms with Crippen molar-refractivity contribution in [3.63, 3.8) is 0 Å². The number of piperidine rings is 1. The summed E-state index contributed by atoms with van der Waals surface area (Å²) < 4.78 is 0. The highest BCUT2D eigenvalue weighted by molar-refractivity contribution is 5.29. The van der Waals surface area contributed by atoms with Crippen LogP contribution in [-0.4, -0.2) is 36.2 Å². The summed E-state index contributed by atoms with van der Waals surface area (Å²) in [6.45, 7) is 4.45. The lowest BCUT2D eigenvalue weighted by Crippen LogP contribution is -2.45. The van der Waals surface area contributed by atoms with Crippen molar-refractivity contribution >= 4 is 0 Å². The Bertz CT molecular complexity index is 367. The SMILES string of the molecule is CNC1CCCN(C(C)c2cccc(O)c2)C1. The second-order valence-electron chi connectivity index (χ2n) is 4.89. The molecule has 17 heavy (non-hydrogen) atoms. The average Bonchev–Trinajstić information content (AvgIpc) is 2.38. The Balaban J connectivity index is 2.06. The Hall–Kier alpha value is -1.06. The van der Waals surface area contributed by atoms with E-state index in [1.165, 1.54) is 18.4 Å². The van der Waals surface area contributed by atoms with E-state index in [-0.39, 0.29) is 0 Å². The topological polar surface area (TPSA) is 35.5 Å². The molecule has 1 aliphatic heterocycles. The first-order valence-corrected chi connectivity index (χ1v) is 6.41. The number of likely N-dealkylation sites (N-methyl/N-ethyl adjacent to an activating group) is 1. The minimum atomic E-state index is 0.358. The van der Waals surface area contributed by atoms with E-state index in [4.69, 9.17) is 0 Å². The summed E-state index contributed by atoms with van der Waals surface area (Å²) in [5.74, 6) is 0.358. The maximum atomic E-state index is 9.53. The molecule has 1 aliphatic rings. The molecule has 94 valence electrons. The minimum absolute atomic E-state index is 0.358. The van der Waals surface area contributed by atoms with Gasteiger partial charge in [-0.2, -0.15) is 0 Å². The van der Waals surface area contributed by atoms with E-state index in [1.807, 2.05) is 19.2 Å². The van der Waals surface area contributed by atoms with Crippen molar-refractivity contribution in [3.05, 3.63) is 29.8 Å². The van der Waals surface area contributed by atoms with Crippen LogP contribution < -0.4 is 5.32 Å². The molecule has 2 N–H and O–H groups in total. The number of hydrogen-bond acceptors (Lipinski definition) is 3. The normalized spacial score (nSPS) is 23.5. The summed E-state index contributed by atoms with van der Waals surface area (Å²) in [4.78, 5) is 2.49. The number of benzene rings is 1.